The van der Waals surface area contributed by atoms with E-state index in [1.807, 2.05) is 0 Å². The van der Waals surface area contributed by atoms with Crippen LogP contribution in [0, 0.1) is 0 Å². The Hall–Kier alpha value is -3.17. The number of ether oxygens (including phenoxy) is 4. The van der Waals surface area contributed by atoms with Gasteiger partial charge in [-0.2, -0.15) is 0 Å². The number of hydrogen-bond acceptors (Lipinski definition) is 7. The van der Waals surface area contributed by atoms with Crippen LogP contribution < -0.4 is 29.6 Å². The molecule has 0 atom stereocenters. The van der Waals surface area contributed by atoms with Crippen LogP contribution in [0.25, 0.3) is 0 Å². The number of rotatable bonds is 11. The minimum absolute atomic E-state index is 0.00275. The zero-order valence-corrected chi connectivity index (χ0v) is 19.5. The topological polar surface area (TPSA) is 98.4 Å². The van der Waals surface area contributed by atoms with Gasteiger partial charge in [-0.3, -0.25) is 14.5 Å². The monoisotopic (exact) mass is 465 g/mol. The molecule has 2 N–H and O–H groups in total. The van der Waals surface area contributed by atoms with E-state index < -0.39 is 0 Å². The van der Waals surface area contributed by atoms with Crippen LogP contribution >= 0.6 is 11.6 Å². The van der Waals surface area contributed by atoms with Crippen molar-refractivity contribution in [3.63, 3.8) is 0 Å². The van der Waals surface area contributed by atoms with Crippen molar-refractivity contribution in [1.82, 2.24) is 10.2 Å². The zero-order valence-electron chi connectivity index (χ0n) is 18.8. The van der Waals surface area contributed by atoms with Crippen molar-refractivity contribution in [3.8, 4) is 23.0 Å². The summed E-state index contributed by atoms with van der Waals surface area (Å²) in [6, 6.07) is 8.37. The summed E-state index contributed by atoms with van der Waals surface area (Å²) in [6.45, 7) is 0.251. The van der Waals surface area contributed by atoms with Crippen molar-refractivity contribution in [2.45, 2.75) is 6.54 Å². The Morgan fingerprint density at radius 3 is 2.06 bits per heavy atom. The third-order valence-electron chi connectivity index (χ3n) is 4.53. The van der Waals surface area contributed by atoms with Crippen LogP contribution in [0.3, 0.4) is 0 Å². The normalized spacial score (nSPS) is 10.5. The van der Waals surface area contributed by atoms with E-state index in [9.17, 15) is 9.59 Å². The third kappa shape index (κ3) is 6.93. The maximum atomic E-state index is 12.4. The SMILES string of the molecule is COc1cc(OC)c(OC)cc1CNC(=O)CN(C)CC(=O)Nc1cc(Cl)ccc1OC. The number of hydrogen-bond donors (Lipinski definition) is 2. The van der Waals surface area contributed by atoms with Crippen molar-refractivity contribution in [1.29, 1.82) is 0 Å². The molecule has 0 unspecified atom stereocenters. The smallest absolute Gasteiger partial charge is 0.238 e. The lowest BCUT2D eigenvalue weighted by molar-refractivity contribution is -0.123. The molecule has 0 fully saturated rings. The minimum atomic E-state index is -0.303. The minimum Gasteiger partial charge on any atom is -0.496 e. The summed E-state index contributed by atoms with van der Waals surface area (Å²) < 4.78 is 21.1. The van der Waals surface area contributed by atoms with Gasteiger partial charge < -0.3 is 29.6 Å². The van der Waals surface area contributed by atoms with E-state index in [4.69, 9.17) is 30.5 Å². The summed E-state index contributed by atoms with van der Waals surface area (Å²) in [4.78, 5) is 26.3. The van der Waals surface area contributed by atoms with Crippen molar-refractivity contribution in [2.75, 3.05) is 53.9 Å². The standard InChI is InChI=1S/C22H28ClN3O6/c1-26(13-22(28)25-16-9-15(23)6-7-17(16)29-2)12-21(27)24-11-14-8-19(31-4)20(32-5)10-18(14)30-3/h6-10H,11-13H2,1-5H3,(H,24,27)(H,25,28). The second-order valence-electron chi connectivity index (χ2n) is 6.86. The molecule has 0 radical (unpaired) electrons. The van der Waals surface area contributed by atoms with E-state index in [-0.39, 0.29) is 31.4 Å². The molecule has 0 saturated heterocycles. The fourth-order valence-corrected chi connectivity index (χ4v) is 3.17. The molecule has 9 nitrogen and oxygen atoms in total. The highest BCUT2D eigenvalue weighted by Crippen LogP contribution is 2.34. The van der Waals surface area contributed by atoms with Crippen molar-refractivity contribution in [2.24, 2.45) is 0 Å². The molecule has 0 aliphatic heterocycles. The number of anilines is 1. The molecule has 0 bridgehead atoms. The van der Waals surface area contributed by atoms with Crippen LogP contribution in [0.2, 0.25) is 5.02 Å². The molecule has 0 spiro atoms. The van der Waals surface area contributed by atoms with Gasteiger partial charge in [-0.25, -0.2) is 0 Å². The first-order valence-electron chi connectivity index (χ1n) is 9.68. The van der Waals surface area contributed by atoms with Gasteiger partial charge in [0.1, 0.15) is 11.5 Å². The van der Waals surface area contributed by atoms with Gasteiger partial charge in [-0.05, 0) is 31.3 Å². The van der Waals surface area contributed by atoms with Crippen LogP contribution in [0.5, 0.6) is 23.0 Å². The summed E-state index contributed by atoms with van der Waals surface area (Å²) in [5.74, 6) is 1.56. The van der Waals surface area contributed by atoms with Crippen molar-refractivity contribution in [3.05, 3.63) is 40.9 Å². The lowest BCUT2D eigenvalue weighted by Gasteiger charge is -2.18. The molecule has 2 rings (SSSR count). The number of likely N-dealkylation sites (N-methyl/N-ethyl adjacent to an activating group) is 1. The fourth-order valence-electron chi connectivity index (χ4n) is 2.99. The molecule has 2 aromatic rings. The number of nitrogens with one attached hydrogen (secondary N) is 2. The Bertz CT molecular complexity index is 954. The summed E-state index contributed by atoms with van der Waals surface area (Å²) in [5.41, 5.74) is 1.19. The zero-order chi connectivity index (χ0) is 23.7. The Balaban J connectivity index is 1.91. The molecule has 2 aromatic carbocycles. The van der Waals surface area contributed by atoms with Crippen LogP contribution in [0.1, 0.15) is 5.56 Å². The number of halogens is 1. The van der Waals surface area contributed by atoms with E-state index in [2.05, 4.69) is 10.6 Å². The van der Waals surface area contributed by atoms with Gasteiger partial charge in [0.25, 0.3) is 0 Å². The number of benzene rings is 2. The summed E-state index contributed by atoms with van der Waals surface area (Å²) in [5, 5.41) is 6.03. The first kappa shape index (κ1) is 25.1. The van der Waals surface area contributed by atoms with Crippen molar-refractivity contribution < 1.29 is 28.5 Å². The first-order chi connectivity index (χ1) is 15.3. The van der Waals surface area contributed by atoms with Crippen LogP contribution in [0.4, 0.5) is 5.69 Å². The van der Waals surface area contributed by atoms with Gasteiger partial charge in [0.2, 0.25) is 11.8 Å². The molecule has 0 aliphatic carbocycles. The Kier molecular flexibility index (Phi) is 9.42. The predicted molar refractivity (Wildman–Crippen MR) is 122 cm³/mol. The van der Waals surface area contributed by atoms with Gasteiger partial charge in [0.15, 0.2) is 11.5 Å². The number of methoxy groups -OCH3 is 4. The van der Waals surface area contributed by atoms with E-state index in [0.29, 0.717) is 33.7 Å². The maximum Gasteiger partial charge on any atom is 0.238 e. The molecule has 2 amide bonds. The molecule has 0 saturated carbocycles. The van der Waals surface area contributed by atoms with Crippen LogP contribution in [0.15, 0.2) is 30.3 Å². The third-order valence-corrected chi connectivity index (χ3v) is 4.76. The van der Waals surface area contributed by atoms with Gasteiger partial charge in [0.05, 0.1) is 47.2 Å². The lowest BCUT2D eigenvalue weighted by atomic mass is 10.1. The second kappa shape index (κ2) is 12.0. The van der Waals surface area contributed by atoms with Crippen LogP contribution in [-0.2, 0) is 16.1 Å². The van der Waals surface area contributed by atoms with Gasteiger partial charge in [-0.1, -0.05) is 11.6 Å². The Morgan fingerprint density at radius 2 is 1.44 bits per heavy atom. The second-order valence-corrected chi connectivity index (χ2v) is 7.30. The van der Waals surface area contributed by atoms with Gasteiger partial charge >= 0.3 is 0 Å². The highest BCUT2D eigenvalue weighted by Gasteiger charge is 2.15. The van der Waals surface area contributed by atoms with Gasteiger partial charge in [-0.15, -0.1) is 0 Å². The molecular weight excluding hydrogens is 438 g/mol. The maximum absolute atomic E-state index is 12.4. The molecule has 0 aliphatic rings. The summed E-state index contributed by atoms with van der Waals surface area (Å²) >= 11 is 5.98. The predicted octanol–water partition coefficient (Wildman–Crippen LogP) is 2.56. The number of amides is 2. The van der Waals surface area contributed by atoms with Gasteiger partial charge in [0, 0.05) is 23.2 Å². The summed E-state index contributed by atoms with van der Waals surface area (Å²) in [6.07, 6.45) is 0. The molecule has 0 aromatic heterocycles. The number of carbonyl (C=O) groups is 2. The quantitative estimate of drug-likeness (QED) is 0.526. The average molecular weight is 466 g/mol. The number of nitrogens with zero attached hydrogens (tertiary/aromatic N) is 1. The Labute approximate surface area is 192 Å². The van der Waals surface area contributed by atoms with Crippen LogP contribution in [-0.4, -0.2) is 65.3 Å². The van der Waals surface area contributed by atoms with E-state index in [1.54, 1.807) is 42.3 Å². The van der Waals surface area contributed by atoms with E-state index >= 15 is 0 Å². The average Bonchev–Trinajstić information content (AvgIpc) is 2.76. The molecule has 32 heavy (non-hydrogen) atoms. The molecule has 0 heterocycles. The highest BCUT2D eigenvalue weighted by molar-refractivity contribution is 6.31. The van der Waals surface area contributed by atoms with E-state index in [1.165, 1.54) is 28.4 Å². The fraction of sp³-hybridized carbons (Fsp3) is 0.364. The highest BCUT2D eigenvalue weighted by atomic mass is 35.5. The molecule has 174 valence electrons. The molecular formula is C22H28ClN3O6. The number of carbonyl (C=O) groups excluding carboxylic acids is 2. The summed E-state index contributed by atoms with van der Waals surface area (Å²) in [7, 11) is 7.78. The lowest BCUT2D eigenvalue weighted by Crippen LogP contribution is -2.38. The largest absolute Gasteiger partial charge is 0.496 e. The van der Waals surface area contributed by atoms with E-state index in [0.717, 1.165) is 5.56 Å². The molecule has 10 heteroatoms. The first-order valence-corrected chi connectivity index (χ1v) is 10.1. The van der Waals surface area contributed by atoms with Crippen molar-refractivity contribution >= 4 is 29.1 Å². The Morgan fingerprint density at radius 1 is 0.844 bits per heavy atom.